The van der Waals surface area contributed by atoms with Crippen LogP contribution in [0.1, 0.15) is 0 Å². The number of hydrogen-bond acceptors (Lipinski definition) is 3. The van der Waals surface area contributed by atoms with Gasteiger partial charge in [0.2, 0.25) is 0 Å². The van der Waals surface area contributed by atoms with Gasteiger partial charge in [-0.2, -0.15) is 0 Å². The van der Waals surface area contributed by atoms with Gasteiger partial charge in [0.1, 0.15) is 4.95 Å². The molecule has 9 heavy (non-hydrogen) atoms. The number of rotatable bonds is 4. The van der Waals surface area contributed by atoms with Gasteiger partial charge in [-0.1, -0.05) is 15.9 Å². The van der Waals surface area contributed by atoms with Crippen LogP contribution in [0.4, 0.5) is 0 Å². The lowest BCUT2D eigenvalue weighted by Gasteiger charge is -2.15. The summed E-state index contributed by atoms with van der Waals surface area (Å²) in [6.07, 6.45) is 0. The number of nitrogens with zero attached hydrogens (tertiary/aromatic N) is 1. The molecule has 0 aromatic rings. The molecule has 0 aromatic carbocycles. The summed E-state index contributed by atoms with van der Waals surface area (Å²) < 4.78 is 1.29. The Hall–Kier alpha value is 0.650. The van der Waals surface area contributed by atoms with Crippen LogP contribution in [-0.4, -0.2) is 39.3 Å². The van der Waals surface area contributed by atoms with Gasteiger partial charge < -0.3 is 10.2 Å². The van der Waals surface area contributed by atoms with Crippen molar-refractivity contribution in [2.24, 2.45) is 0 Å². The molecule has 0 spiro atoms. The third-order valence-electron chi connectivity index (χ3n) is 0.768. The summed E-state index contributed by atoms with van der Waals surface area (Å²) in [6, 6.07) is 0. The Labute approximate surface area is 67.5 Å². The molecule has 0 aliphatic heterocycles. The van der Waals surface area contributed by atoms with Crippen molar-refractivity contribution in [3.05, 3.63) is 0 Å². The summed E-state index contributed by atoms with van der Waals surface area (Å²) in [4.78, 5) is -0.272. The monoisotopic (exact) mass is 217 g/mol. The Morgan fingerprint density at radius 3 is 2.44 bits per heavy atom. The highest BCUT2D eigenvalue weighted by Gasteiger charge is 2.09. The molecule has 0 aliphatic rings. The molecule has 0 bridgehead atoms. The van der Waals surface area contributed by atoms with Crippen LogP contribution in [0.3, 0.4) is 0 Å². The molecule has 0 radical (unpaired) electrons. The average Bonchev–Trinajstić information content (AvgIpc) is 1.87. The van der Waals surface area contributed by atoms with E-state index in [1.54, 1.807) is 0 Å². The van der Waals surface area contributed by atoms with E-state index in [9.17, 15) is 0 Å². The molecular weight excluding hydrogens is 209 g/mol. The average molecular weight is 218 g/mol. The molecule has 0 amide bonds. The Morgan fingerprint density at radius 2 is 2.11 bits per heavy atom. The fourth-order valence-corrected chi connectivity index (χ4v) is 0.666. The second kappa shape index (κ2) is 5.44. The van der Waals surface area contributed by atoms with Crippen LogP contribution >= 0.6 is 27.7 Å². The zero-order valence-corrected chi connectivity index (χ0v) is 7.14. The molecule has 56 valence electrons. The maximum Gasteiger partial charge on any atom is 0.103 e. The van der Waals surface area contributed by atoms with Crippen LogP contribution in [-0.2, 0) is 0 Å². The van der Waals surface area contributed by atoms with Gasteiger partial charge in [0.15, 0.2) is 0 Å². The Morgan fingerprint density at radius 1 is 1.56 bits per heavy atom. The van der Waals surface area contributed by atoms with Crippen molar-refractivity contribution in [1.82, 2.24) is 4.42 Å². The van der Waals surface area contributed by atoms with E-state index in [1.807, 2.05) is 0 Å². The second-order valence-corrected chi connectivity index (χ2v) is 2.96. The van der Waals surface area contributed by atoms with Gasteiger partial charge in [-0.3, -0.25) is 0 Å². The predicted octanol–water partition coefficient (Wildman–Crippen LogP) is 0.148. The lowest BCUT2D eigenvalue weighted by molar-refractivity contribution is 0.211. The van der Waals surface area contributed by atoms with Gasteiger partial charge in [0, 0.05) is 6.54 Å². The summed E-state index contributed by atoms with van der Waals surface area (Å²) in [5.41, 5.74) is 0. The smallest absolute Gasteiger partial charge is 0.103 e. The van der Waals surface area contributed by atoms with Gasteiger partial charge in [-0.05, 0) is 11.8 Å². The molecule has 1 atom stereocenters. The first-order valence-electron chi connectivity index (χ1n) is 2.50. The number of aliphatic hydroxyl groups excluding tert-OH is 2. The quantitative estimate of drug-likeness (QED) is 0.401. The summed E-state index contributed by atoms with van der Waals surface area (Å²) >= 11 is 8.57. The summed E-state index contributed by atoms with van der Waals surface area (Å²) in [5.74, 6) is 0. The molecule has 1 unspecified atom stereocenters. The largest absolute Gasteiger partial charge is 0.395 e. The fraction of sp³-hybridized carbons (Fsp3) is 1.00. The maximum atomic E-state index is 8.48. The first-order valence-corrected chi connectivity index (χ1v) is 3.76. The summed E-state index contributed by atoms with van der Waals surface area (Å²) in [7, 11) is 0. The Kier molecular flexibility index (Phi) is 5.83. The van der Waals surface area contributed by atoms with Crippen LogP contribution in [0.25, 0.3) is 0 Å². The second-order valence-electron chi connectivity index (χ2n) is 1.46. The van der Waals surface area contributed by atoms with Crippen molar-refractivity contribution in [1.29, 1.82) is 0 Å². The van der Waals surface area contributed by atoms with E-state index in [-0.39, 0.29) is 18.2 Å². The molecule has 0 rings (SSSR count). The van der Waals surface area contributed by atoms with Crippen molar-refractivity contribution in [2.45, 2.75) is 4.95 Å². The van der Waals surface area contributed by atoms with E-state index < -0.39 is 0 Å². The Balaban J connectivity index is 3.32. The Bertz CT molecular complexity index is 75.6. The first-order chi connectivity index (χ1) is 4.22. The zero-order chi connectivity index (χ0) is 7.28. The van der Waals surface area contributed by atoms with Crippen LogP contribution < -0.4 is 0 Å². The maximum absolute atomic E-state index is 8.48. The molecule has 0 heterocycles. The van der Waals surface area contributed by atoms with Crippen molar-refractivity contribution in [2.75, 3.05) is 19.8 Å². The molecule has 0 fully saturated rings. The topological polar surface area (TPSA) is 43.7 Å². The van der Waals surface area contributed by atoms with Crippen LogP contribution in [0.15, 0.2) is 0 Å². The molecule has 0 saturated heterocycles. The molecule has 0 saturated carbocycles. The summed E-state index contributed by atoms with van der Waals surface area (Å²) in [5, 5.41) is 16.8. The van der Waals surface area contributed by atoms with Crippen molar-refractivity contribution in [3.8, 4) is 0 Å². The van der Waals surface area contributed by atoms with Gasteiger partial charge in [0.25, 0.3) is 0 Å². The van der Waals surface area contributed by atoms with Gasteiger partial charge in [0.05, 0.1) is 13.2 Å². The molecule has 5 heteroatoms. The minimum atomic E-state index is -0.272. The number of alkyl halides is 1. The molecule has 2 N–H and O–H groups in total. The third kappa shape index (κ3) is 4.11. The van der Waals surface area contributed by atoms with E-state index in [4.69, 9.17) is 22.0 Å². The number of hydrogen-bond donors (Lipinski definition) is 2. The number of aliphatic hydroxyl groups is 2. The van der Waals surface area contributed by atoms with Crippen molar-refractivity contribution in [3.63, 3.8) is 0 Å². The molecule has 0 aromatic heterocycles. The van der Waals surface area contributed by atoms with E-state index in [2.05, 4.69) is 15.9 Å². The third-order valence-corrected chi connectivity index (χ3v) is 2.19. The van der Waals surface area contributed by atoms with E-state index in [0.29, 0.717) is 6.54 Å². The van der Waals surface area contributed by atoms with Crippen LogP contribution in [0.2, 0.25) is 0 Å². The number of halogens is 2. The lowest BCUT2D eigenvalue weighted by Crippen LogP contribution is -2.27. The first kappa shape index (κ1) is 9.65. The van der Waals surface area contributed by atoms with Gasteiger partial charge >= 0.3 is 0 Å². The minimum Gasteiger partial charge on any atom is -0.395 e. The van der Waals surface area contributed by atoms with E-state index in [1.165, 1.54) is 4.42 Å². The predicted molar refractivity (Wildman–Crippen MR) is 39.4 cm³/mol. The van der Waals surface area contributed by atoms with E-state index in [0.717, 1.165) is 0 Å². The van der Waals surface area contributed by atoms with Crippen molar-refractivity contribution < 1.29 is 10.2 Å². The summed E-state index contributed by atoms with van der Waals surface area (Å²) in [6.45, 7) is 0.271. The molecular formula is C4H9BrClNO2. The van der Waals surface area contributed by atoms with Crippen LogP contribution in [0, 0.1) is 0 Å². The highest BCUT2D eigenvalue weighted by molar-refractivity contribution is 9.09. The zero-order valence-electron chi connectivity index (χ0n) is 4.80. The lowest BCUT2D eigenvalue weighted by atomic mass is 10.6. The van der Waals surface area contributed by atoms with Gasteiger partial charge in [-0.15, -0.1) is 0 Å². The minimum absolute atomic E-state index is 0.00833. The standard InChI is InChI=1S/C4H9BrClNO2/c5-4(3-9)7(6)1-2-8/h4,8-9H,1-3H2. The van der Waals surface area contributed by atoms with Gasteiger partial charge in [-0.25, -0.2) is 4.42 Å². The SMILES string of the molecule is OCCN(Cl)C(Br)CO. The fourth-order valence-electron chi connectivity index (χ4n) is 0.324. The van der Waals surface area contributed by atoms with E-state index >= 15 is 0 Å². The normalized spacial score (nSPS) is 14.3. The highest BCUT2D eigenvalue weighted by Crippen LogP contribution is 2.07. The van der Waals surface area contributed by atoms with Crippen molar-refractivity contribution >= 4 is 27.7 Å². The molecule has 3 nitrogen and oxygen atoms in total. The molecule has 0 aliphatic carbocycles. The van der Waals surface area contributed by atoms with Crippen LogP contribution in [0.5, 0.6) is 0 Å². The highest BCUT2D eigenvalue weighted by atomic mass is 79.9.